The molecule has 2 N–H and O–H groups in total. The maximum absolute atomic E-state index is 14.7. The van der Waals surface area contributed by atoms with E-state index in [1.54, 1.807) is 24.3 Å². The Labute approximate surface area is 427 Å². The summed E-state index contributed by atoms with van der Waals surface area (Å²) >= 11 is 0. The molecular weight excluding hydrogens is 951 g/mol. The van der Waals surface area contributed by atoms with Gasteiger partial charge in [0.15, 0.2) is 0 Å². The number of hydrogen-bond acceptors (Lipinski definition) is 15. The van der Waals surface area contributed by atoms with Crippen molar-refractivity contribution in [1.82, 2.24) is 20.6 Å². The van der Waals surface area contributed by atoms with Gasteiger partial charge in [-0.25, -0.2) is 9.97 Å². The summed E-state index contributed by atoms with van der Waals surface area (Å²) in [5, 5.41) is 5.85. The summed E-state index contributed by atoms with van der Waals surface area (Å²) in [7, 11) is 0. The summed E-state index contributed by atoms with van der Waals surface area (Å²) in [4.78, 5) is 33.8. The van der Waals surface area contributed by atoms with Gasteiger partial charge >= 0.3 is 0 Å². The summed E-state index contributed by atoms with van der Waals surface area (Å²) in [5.74, 6) is -1.15. The summed E-state index contributed by atoms with van der Waals surface area (Å²) < 4.78 is 90.2. The van der Waals surface area contributed by atoms with Crippen molar-refractivity contribution in [3.8, 4) is 0 Å². The molecule has 2 atom stereocenters. The SMILES string of the molecule is O=C(COCCOCCOCCOCCOCCOCCOCCOCCOCCOCCOCC(=O)N[C@@H](c1ccccc1)c1ccc(C2CC2)c(F)n1)NC(c1ccccc1)c1ccc(C2CC2)c(F)n1. The highest BCUT2D eigenvalue weighted by Gasteiger charge is 2.30. The first-order chi connectivity index (χ1) is 36.0. The van der Waals surface area contributed by atoms with Crippen LogP contribution in [0.2, 0.25) is 0 Å². The fourth-order valence-electron chi connectivity index (χ4n) is 7.42. The van der Waals surface area contributed by atoms with Crippen molar-refractivity contribution in [1.29, 1.82) is 0 Å². The van der Waals surface area contributed by atoms with Crippen molar-refractivity contribution in [3.05, 3.63) is 130 Å². The smallest absolute Gasteiger partial charge is 0.246 e. The van der Waals surface area contributed by atoms with Crippen LogP contribution in [0.3, 0.4) is 0 Å². The Morgan fingerprint density at radius 3 is 0.904 bits per heavy atom. The zero-order chi connectivity index (χ0) is 51.0. The Bertz CT molecular complexity index is 1990. The molecule has 0 bridgehead atoms. The second kappa shape index (κ2) is 34.6. The average Bonchev–Trinajstić information content (AvgIpc) is 4.36. The van der Waals surface area contributed by atoms with Crippen LogP contribution in [0, 0.1) is 11.9 Å². The van der Waals surface area contributed by atoms with Crippen molar-refractivity contribution in [2.45, 2.75) is 49.6 Å². The first kappa shape index (κ1) is 57.4. The van der Waals surface area contributed by atoms with Gasteiger partial charge in [-0.15, -0.1) is 0 Å². The van der Waals surface area contributed by atoms with Crippen LogP contribution in [0.15, 0.2) is 84.9 Å². The second-order valence-corrected chi connectivity index (χ2v) is 17.2. The third kappa shape index (κ3) is 23.0. The lowest BCUT2D eigenvalue weighted by Gasteiger charge is -2.19. The third-order valence-electron chi connectivity index (χ3n) is 11.5. The van der Waals surface area contributed by atoms with E-state index in [0.717, 1.165) is 36.8 Å². The van der Waals surface area contributed by atoms with E-state index in [2.05, 4.69) is 20.6 Å². The van der Waals surface area contributed by atoms with Gasteiger partial charge in [-0.1, -0.05) is 72.8 Å². The molecule has 1 unspecified atom stereocenters. The summed E-state index contributed by atoms with van der Waals surface area (Å²) in [6, 6.07) is 24.6. The Hall–Kier alpha value is -4.90. The monoisotopic (exact) mass is 1020 g/mol. The van der Waals surface area contributed by atoms with Crippen LogP contribution in [-0.4, -0.2) is 167 Å². The molecule has 2 saturated carbocycles. The molecule has 0 spiro atoms. The Morgan fingerprint density at radius 2 is 0.658 bits per heavy atom. The molecule has 0 aliphatic heterocycles. The number of pyridine rings is 2. The van der Waals surface area contributed by atoms with E-state index in [1.165, 1.54) is 0 Å². The molecule has 2 amide bonds. The van der Waals surface area contributed by atoms with Gasteiger partial charge in [0.05, 0.1) is 156 Å². The zero-order valence-electron chi connectivity index (χ0n) is 41.7. The molecule has 19 heteroatoms. The number of hydrogen-bond donors (Lipinski definition) is 2. The van der Waals surface area contributed by atoms with Gasteiger partial charge in [0.1, 0.15) is 13.2 Å². The molecule has 2 aromatic carbocycles. The number of rotatable bonds is 42. The van der Waals surface area contributed by atoms with Crippen LogP contribution in [0.25, 0.3) is 0 Å². The number of carbonyl (C=O) groups excluding carboxylic acids is 2. The molecule has 73 heavy (non-hydrogen) atoms. The van der Waals surface area contributed by atoms with Gasteiger partial charge in [-0.2, -0.15) is 8.78 Å². The van der Waals surface area contributed by atoms with E-state index in [1.807, 2.05) is 60.7 Å². The first-order valence-corrected chi connectivity index (χ1v) is 25.3. The number of amides is 2. The number of nitrogens with one attached hydrogen (secondary N) is 2. The molecule has 0 radical (unpaired) electrons. The minimum Gasteiger partial charge on any atom is -0.377 e. The van der Waals surface area contributed by atoms with Crippen LogP contribution in [0.5, 0.6) is 0 Å². The summed E-state index contributed by atoms with van der Waals surface area (Å²) in [6.07, 6.45) is 3.90. The normalized spacial score (nSPS) is 14.3. The van der Waals surface area contributed by atoms with E-state index in [-0.39, 0.29) is 50.1 Å². The summed E-state index contributed by atoms with van der Waals surface area (Å²) in [6.45, 7) is 7.54. The largest absolute Gasteiger partial charge is 0.377 e. The lowest BCUT2D eigenvalue weighted by molar-refractivity contribution is -0.127. The van der Waals surface area contributed by atoms with E-state index in [0.29, 0.717) is 141 Å². The predicted octanol–water partition coefficient (Wildman–Crippen LogP) is 5.80. The van der Waals surface area contributed by atoms with Crippen LogP contribution < -0.4 is 10.6 Å². The van der Waals surface area contributed by atoms with E-state index >= 15 is 0 Å². The van der Waals surface area contributed by atoms with Gasteiger partial charge in [0.2, 0.25) is 23.7 Å². The Morgan fingerprint density at radius 1 is 0.397 bits per heavy atom. The lowest BCUT2D eigenvalue weighted by atomic mass is 10.0. The highest BCUT2D eigenvalue weighted by molar-refractivity contribution is 5.78. The van der Waals surface area contributed by atoms with Crippen molar-refractivity contribution >= 4 is 11.8 Å². The maximum atomic E-state index is 14.7. The molecule has 17 nitrogen and oxygen atoms in total. The number of aromatic nitrogens is 2. The highest BCUT2D eigenvalue weighted by Crippen LogP contribution is 2.42. The van der Waals surface area contributed by atoms with Crippen LogP contribution in [0.1, 0.15) is 83.2 Å². The number of halogens is 2. The molecule has 2 aliphatic carbocycles. The minimum absolute atomic E-state index is 0.168. The third-order valence-corrected chi connectivity index (χ3v) is 11.5. The van der Waals surface area contributed by atoms with Gasteiger partial charge in [0.25, 0.3) is 0 Å². The van der Waals surface area contributed by atoms with Crippen LogP contribution in [-0.2, 0) is 61.7 Å². The zero-order valence-corrected chi connectivity index (χ0v) is 41.7. The first-order valence-electron chi connectivity index (χ1n) is 25.3. The van der Waals surface area contributed by atoms with Crippen molar-refractivity contribution in [2.24, 2.45) is 0 Å². The molecule has 400 valence electrons. The van der Waals surface area contributed by atoms with Crippen LogP contribution >= 0.6 is 0 Å². The minimum atomic E-state index is -0.601. The number of ether oxygens (including phenoxy) is 11. The fourth-order valence-corrected chi connectivity index (χ4v) is 7.42. The number of nitrogens with zero attached hydrogens (tertiary/aromatic N) is 2. The number of benzene rings is 2. The van der Waals surface area contributed by atoms with Crippen molar-refractivity contribution in [3.63, 3.8) is 0 Å². The van der Waals surface area contributed by atoms with Gasteiger partial charge < -0.3 is 62.7 Å². The molecule has 2 aromatic heterocycles. The van der Waals surface area contributed by atoms with Crippen molar-refractivity contribution < 1.29 is 70.5 Å². The standard InChI is InChI=1S/C54H72F2N4O13/c55-53-45(41-11-12-41)15-17-47(57-53)51(43-7-3-1-4-8-43)59-49(61)39-72-37-35-70-33-31-68-29-27-66-25-23-64-21-19-63-20-22-65-24-26-67-28-30-69-32-34-71-36-38-73-40-50(62)60-52(44-9-5-2-6-10-44)48-18-16-46(42-13-14-42)54(56)58-48/h1-10,15-18,41-42,51-52H,11-14,19-40H2,(H,59,61)(H,60,62)/t51-,52?/m0/s1. The molecule has 4 aromatic rings. The predicted molar refractivity (Wildman–Crippen MR) is 264 cm³/mol. The van der Waals surface area contributed by atoms with E-state index in [4.69, 9.17) is 52.1 Å². The molecule has 0 saturated heterocycles. The van der Waals surface area contributed by atoms with E-state index < -0.39 is 24.0 Å². The summed E-state index contributed by atoms with van der Waals surface area (Å²) in [5.41, 5.74) is 3.74. The van der Waals surface area contributed by atoms with Crippen molar-refractivity contribution in [2.75, 3.05) is 145 Å². The van der Waals surface area contributed by atoms with Gasteiger partial charge in [0, 0.05) is 11.1 Å². The molecule has 2 heterocycles. The molecule has 6 rings (SSSR count). The lowest BCUT2D eigenvalue weighted by Crippen LogP contribution is -2.33. The average molecular weight is 1020 g/mol. The van der Waals surface area contributed by atoms with Gasteiger partial charge in [-0.3, -0.25) is 9.59 Å². The second-order valence-electron chi connectivity index (χ2n) is 17.2. The Balaban J connectivity index is 0.627. The fraction of sp³-hybridized carbons (Fsp3) is 0.556. The molecule has 2 fully saturated rings. The van der Waals surface area contributed by atoms with Crippen LogP contribution in [0.4, 0.5) is 8.78 Å². The maximum Gasteiger partial charge on any atom is 0.246 e. The molecular formula is C54H72F2N4O13. The topological polar surface area (TPSA) is 186 Å². The van der Waals surface area contributed by atoms with Gasteiger partial charge in [-0.05, 0) is 60.8 Å². The molecule has 2 aliphatic rings. The Kier molecular flexibility index (Phi) is 27.2. The van der Waals surface area contributed by atoms with E-state index in [9.17, 15) is 18.4 Å². The quantitative estimate of drug-likeness (QED) is 0.0401. The highest BCUT2D eigenvalue weighted by atomic mass is 19.1. The number of carbonyl (C=O) groups is 2.